The maximum absolute atomic E-state index is 14.4. The van der Waals surface area contributed by atoms with Crippen LogP contribution in [-0.4, -0.2) is 0 Å². The van der Waals surface area contributed by atoms with Gasteiger partial charge < -0.3 is 0 Å². The van der Waals surface area contributed by atoms with E-state index in [4.69, 9.17) is 1.37 Å². The number of pyridine rings is 1. The van der Waals surface area contributed by atoms with Crippen LogP contribution in [0.25, 0.3) is 22.0 Å². The topological polar surface area (TPSA) is 3.88 Å². The minimum absolute atomic E-state index is 0.130. The lowest BCUT2D eigenvalue weighted by Crippen LogP contribution is -2.35. The van der Waals surface area contributed by atoms with Crippen molar-refractivity contribution in [2.75, 3.05) is 0 Å². The van der Waals surface area contributed by atoms with Crippen LogP contribution < -0.4 is 4.57 Å². The molecule has 0 unspecified atom stereocenters. The summed E-state index contributed by atoms with van der Waals surface area (Å²) in [7, 11) is 1.99. The maximum atomic E-state index is 14.4. The van der Waals surface area contributed by atoms with E-state index in [-0.39, 0.29) is 5.82 Å². The molecule has 0 saturated carbocycles. The van der Waals surface area contributed by atoms with E-state index in [1.54, 1.807) is 0 Å². The molecule has 0 spiro atoms. The first-order valence-electron chi connectivity index (χ1n) is 9.34. The molecule has 0 amide bonds. The zero-order valence-corrected chi connectivity index (χ0v) is 16.2. The third-order valence-electron chi connectivity index (χ3n) is 5.38. The van der Waals surface area contributed by atoms with E-state index < -0.39 is 0 Å². The highest BCUT2D eigenvalue weighted by Crippen LogP contribution is 2.33. The van der Waals surface area contributed by atoms with Crippen molar-refractivity contribution >= 4 is 10.8 Å². The highest BCUT2D eigenvalue weighted by molar-refractivity contribution is 5.94. The summed E-state index contributed by atoms with van der Waals surface area (Å²) in [6.45, 7) is 11.9. The van der Waals surface area contributed by atoms with Crippen LogP contribution in [0, 0.1) is 33.5 Å². The average Bonchev–Trinajstić information content (AvgIpc) is 2.61. The Bertz CT molecular complexity index is 1030. The third-order valence-corrected chi connectivity index (χ3v) is 5.38. The molecular formula is C23H27FN+. The molecule has 130 valence electrons. The smallest absolute Gasteiger partial charge is 0.206 e. The average molecular weight is 337 g/mol. The Morgan fingerprint density at radius 2 is 1.72 bits per heavy atom. The highest BCUT2D eigenvalue weighted by atomic mass is 19.1. The molecule has 1 heterocycles. The molecule has 2 aromatic carbocycles. The molecule has 2 heteroatoms. The second-order valence-electron chi connectivity index (χ2n) is 7.38. The van der Waals surface area contributed by atoms with E-state index in [0.29, 0.717) is 23.1 Å². The minimum Gasteiger partial charge on any atom is -0.206 e. The van der Waals surface area contributed by atoms with Gasteiger partial charge in [0.1, 0.15) is 12.9 Å². The lowest BCUT2D eigenvalue weighted by atomic mass is 9.92. The fourth-order valence-corrected chi connectivity index (χ4v) is 3.48. The fourth-order valence-electron chi connectivity index (χ4n) is 3.48. The molecule has 3 aromatic rings. The van der Waals surface area contributed by atoms with E-state index in [1.807, 2.05) is 40.8 Å². The van der Waals surface area contributed by atoms with Crippen LogP contribution >= 0.6 is 0 Å². The predicted octanol–water partition coefficient (Wildman–Crippen LogP) is 5.83. The van der Waals surface area contributed by atoms with Crippen molar-refractivity contribution < 1.29 is 10.3 Å². The van der Waals surface area contributed by atoms with Crippen molar-refractivity contribution in [2.24, 2.45) is 7.05 Å². The minimum atomic E-state index is -0.130. The number of halogens is 1. The first-order valence-corrected chi connectivity index (χ1v) is 8.84. The lowest BCUT2D eigenvalue weighted by molar-refractivity contribution is -0.665. The summed E-state index contributed by atoms with van der Waals surface area (Å²) >= 11 is 0. The summed E-state index contributed by atoms with van der Waals surface area (Å²) in [6.07, 6.45) is 0. The monoisotopic (exact) mass is 337 g/mol. The van der Waals surface area contributed by atoms with Crippen LogP contribution in [0.3, 0.4) is 0 Å². The van der Waals surface area contributed by atoms with Gasteiger partial charge in [-0.1, -0.05) is 26.0 Å². The van der Waals surface area contributed by atoms with Gasteiger partial charge >= 0.3 is 0 Å². The van der Waals surface area contributed by atoms with E-state index in [9.17, 15) is 4.39 Å². The zero-order valence-electron chi connectivity index (χ0n) is 17.2. The van der Waals surface area contributed by atoms with Gasteiger partial charge in [0.05, 0.1) is 12.3 Å². The summed E-state index contributed by atoms with van der Waals surface area (Å²) in [5.41, 5.74) is 6.53. The van der Waals surface area contributed by atoms with E-state index >= 15 is 0 Å². The maximum Gasteiger partial charge on any atom is 0.220 e. The molecule has 0 aliphatic rings. The Balaban J connectivity index is 2.48. The Morgan fingerprint density at radius 3 is 2.36 bits per heavy atom. The third kappa shape index (κ3) is 2.84. The van der Waals surface area contributed by atoms with Gasteiger partial charge in [-0.25, -0.2) is 4.39 Å². The number of hydrogen-bond acceptors (Lipinski definition) is 0. The molecule has 1 nitrogen and oxygen atoms in total. The Morgan fingerprint density at radius 1 is 1.04 bits per heavy atom. The van der Waals surface area contributed by atoms with Crippen molar-refractivity contribution in [2.45, 2.75) is 47.5 Å². The van der Waals surface area contributed by atoms with Gasteiger partial charge in [-0.15, -0.1) is 0 Å². The molecule has 25 heavy (non-hydrogen) atoms. The number of nitrogens with zero attached hydrogens (tertiary/aromatic N) is 1. The zero-order chi connectivity index (χ0) is 19.3. The first kappa shape index (κ1) is 16.3. The van der Waals surface area contributed by atoms with Crippen LogP contribution in [0.15, 0.2) is 30.3 Å². The van der Waals surface area contributed by atoms with Crippen LogP contribution in [0.1, 0.15) is 49.1 Å². The quantitative estimate of drug-likeness (QED) is 0.518. The van der Waals surface area contributed by atoms with Crippen LogP contribution in [0.2, 0.25) is 0 Å². The van der Waals surface area contributed by atoms with Crippen molar-refractivity contribution in [3.05, 3.63) is 64.1 Å². The van der Waals surface area contributed by atoms with Crippen LogP contribution in [-0.2, 0) is 7.05 Å². The van der Waals surface area contributed by atoms with Gasteiger partial charge in [0.25, 0.3) is 0 Å². The Kier molecular flexibility index (Phi) is 4.07. The van der Waals surface area contributed by atoms with E-state index in [1.165, 1.54) is 5.56 Å². The SMILES string of the molecule is [2H]c1c(C)[n+](C)c(-c2cc(C)c(F)c(C)c2C)c2ccc(C(C)C)cc12. The number of hydrogen-bond donors (Lipinski definition) is 0. The van der Waals surface area contributed by atoms with Gasteiger partial charge in [-0.05, 0) is 66.5 Å². The Labute approximate surface area is 151 Å². The summed E-state index contributed by atoms with van der Waals surface area (Å²) < 4.78 is 25.0. The second kappa shape index (κ2) is 6.25. The normalized spacial score (nSPS) is 12.1. The molecule has 0 fully saturated rings. The number of aromatic nitrogens is 1. The van der Waals surface area contributed by atoms with Crippen molar-refractivity contribution in [1.82, 2.24) is 0 Å². The second-order valence-corrected chi connectivity index (χ2v) is 7.38. The molecule has 0 aliphatic heterocycles. The predicted molar refractivity (Wildman–Crippen MR) is 104 cm³/mol. The van der Waals surface area contributed by atoms with Crippen LogP contribution in [0.4, 0.5) is 4.39 Å². The summed E-state index contributed by atoms with van der Waals surface area (Å²) in [5.74, 6) is 0.280. The Hall–Kier alpha value is -2.22. The molecule has 0 atom stereocenters. The number of fused-ring (bicyclic) bond motifs is 1. The van der Waals surface area contributed by atoms with Gasteiger partial charge in [-0.2, -0.15) is 4.57 Å². The number of rotatable bonds is 2. The van der Waals surface area contributed by atoms with Crippen LogP contribution in [0.5, 0.6) is 0 Å². The van der Waals surface area contributed by atoms with Crippen molar-refractivity contribution in [3.63, 3.8) is 0 Å². The summed E-state index contributed by atoms with van der Waals surface area (Å²) in [6, 6.07) is 8.89. The molecule has 0 radical (unpaired) electrons. The fraction of sp³-hybridized carbons (Fsp3) is 0.348. The van der Waals surface area contributed by atoms with Gasteiger partial charge in [0.2, 0.25) is 5.69 Å². The molecule has 1 aromatic heterocycles. The van der Waals surface area contributed by atoms with Crippen molar-refractivity contribution in [1.29, 1.82) is 0 Å². The van der Waals surface area contributed by atoms with Gasteiger partial charge in [0, 0.05) is 13.0 Å². The molecular weight excluding hydrogens is 309 g/mol. The molecule has 0 N–H and O–H groups in total. The van der Waals surface area contributed by atoms with E-state index in [2.05, 4.69) is 36.6 Å². The molecule has 0 saturated heterocycles. The lowest BCUT2D eigenvalue weighted by Gasteiger charge is -2.15. The number of benzene rings is 2. The van der Waals surface area contributed by atoms with Gasteiger partial charge in [0.15, 0.2) is 5.69 Å². The molecule has 0 bridgehead atoms. The molecule has 0 aliphatic carbocycles. The van der Waals surface area contributed by atoms with Crippen molar-refractivity contribution in [3.8, 4) is 11.3 Å². The molecule has 3 rings (SSSR count). The summed E-state index contributed by atoms with van der Waals surface area (Å²) in [4.78, 5) is 0. The highest BCUT2D eigenvalue weighted by Gasteiger charge is 2.22. The largest absolute Gasteiger partial charge is 0.220 e. The van der Waals surface area contributed by atoms with E-state index in [0.717, 1.165) is 33.3 Å². The van der Waals surface area contributed by atoms with Gasteiger partial charge in [-0.3, -0.25) is 0 Å². The number of aryl methyl sites for hydroxylation is 1. The summed E-state index contributed by atoms with van der Waals surface area (Å²) in [5, 5.41) is 2.00. The first-order chi connectivity index (χ1) is 12.1. The standard InChI is InChI=1S/C23H27FN/c1-13(2)18-8-9-20-19(12-18)11-15(4)25(7)23(20)21-10-14(3)22(24)17(6)16(21)5/h8-13H,1-7H3/q+1/i11D.